The van der Waals surface area contributed by atoms with Crippen LogP contribution in [0.25, 0.3) is 0 Å². The molecule has 0 atom stereocenters. The first-order valence-electron chi connectivity index (χ1n) is 4.11. The number of nitriles is 1. The fraction of sp³-hybridized carbons (Fsp3) is 0.200. The summed E-state index contributed by atoms with van der Waals surface area (Å²) < 4.78 is 29.9. The zero-order valence-corrected chi connectivity index (χ0v) is 10.3. The summed E-state index contributed by atoms with van der Waals surface area (Å²) in [6.07, 6.45) is -2.80. The van der Waals surface area contributed by atoms with E-state index in [4.69, 9.17) is 5.26 Å². The van der Waals surface area contributed by atoms with Gasteiger partial charge in [-0.25, -0.2) is 13.6 Å². The summed E-state index contributed by atoms with van der Waals surface area (Å²) in [5, 5.41) is 8.68. The predicted octanol–water partition coefficient (Wildman–Crippen LogP) is 2.89. The summed E-state index contributed by atoms with van der Waals surface area (Å²) in [6.45, 7) is 0. The number of benzene rings is 1. The van der Waals surface area contributed by atoms with E-state index in [1.54, 1.807) is 28.7 Å². The molecular weight excluding hydrogens is 331 g/mol. The second-order valence-corrected chi connectivity index (χ2v) is 3.87. The van der Waals surface area contributed by atoms with Crippen LogP contribution < -0.4 is 0 Å². The highest BCUT2D eigenvalue weighted by Crippen LogP contribution is 2.30. The monoisotopic (exact) mass is 337 g/mol. The molecule has 0 spiro atoms. The molecule has 0 amide bonds. The van der Waals surface area contributed by atoms with Crippen LogP contribution in [0.15, 0.2) is 12.1 Å². The minimum Gasteiger partial charge on any atom is -0.465 e. The van der Waals surface area contributed by atoms with Crippen molar-refractivity contribution in [2.75, 3.05) is 7.11 Å². The van der Waals surface area contributed by atoms with Crippen molar-refractivity contribution in [1.29, 1.82) is 5.26 Å². The lowest BCUT2D eigenvalue weighted by molar-refractivity contribution is 0.0599. The number of rotatable bonds is 2. The lowest BCUT2D eigenvalue weighted by Crippen LogP contribution is -2.07. The molecule has 0 aromatic heterocycles. The fourth-order valence-corrected chi connectivity index (χ4v) is 2.10. The molecule has 0 saturated heterocycles. The molecular formula is C10H6F2INO2. The Labute approximate surface area is 104 Å². The third-order valence-electron chi connectivity index (χ3n) is 1.92. The first-order chi connectivity index (χ1) is 7.52. The Morgan fingerprint density at radius 2 is 2.19 bits per heavy atom. The molecule has 1 aromatic carbocycles. The molecule has 3 nitrogen and oxygen atoms in total. The molecule has 0 aliphatic carbocycles. The molecule has 1 aromatic rings. The number of esters is 1. The summed E-state index contributed by atoms with van der Waals surface area (Å²) in [5.74, 6) is -0.698. The Balaban J connectivity index is 3.45. The minimum atomic E-state index is -2.80. The molecule has 0 unspecified atom stereocenters. The average molecular weight is 337 g/mol. The van der Waals surface area contributed by atoms with Gasteiger partial charge in [0, 0.05) is 9.13 Å². The van der Waals surface area contributed by atoms with Crippen LogP contribution in [0.2, 0.25) is 0 Å². The molecule has 0 bridgehead atoms. The van der Waals surface area contributed by atoms with Gasteiger partial charge in [0.05, 0.1) is 24.3 Å². The summed E-state index contributed by atoms with van der Waals surface area (Å²) in [4.78, 5) is 11.3. The SMILES string of the molecule is COC(=O)c1ccc(C#N)c(C(F)F)c1I. The summed E-state index contributed by atoms with van der Waals surface area (Å²) in [7, 11) is 1.17. The number of nitrogens with zero attached hydrogens (tertiary/aromatic N) is 1. The lowest BCUT2D eigenvalue weighted by Gasteiger charge is -2.09. The van der Waals surface area contributed by atoms with Crippen molar-refractivity contribution in [3.63, 3.8) is 0 Å². The third-order valence-corrected chi connectivity index (χ3v) is 3.09. The molecule has 0 saturated carbocycles. The standard InChI is InChI=1S/C10H6F2INO2/c1-16-10(15)6-3-2-5(4-14)7(8(6)13)9(11)12/h2-3,9H,1H3. The largest absolute Gasteiger partial charge is 0.465 e. The highest BCUT2D eigenvalue weighted by Gasteiger charge is 2.22. The molecule has 0 radical (unpaired) electrons. The molecule has 0 fully saturated rings. The lowest BCUT2D eigenvalue weighted by atomic mass is 10.1. The van der Waals surface area contributed by atoms with Crippen LogP contribution in [0.1, 0.15) is 27.9 Å². The maximum Gasteiger partial charge on any atom is 0.338 e. The number of alkyl halides is 2. The molecule has 0 aliphatic rings. The van der Waals surface area contributed by atoms with Crippen molar-refractivity contribution in [2.45, 2.75) is 6.43 Å². The van der Waals surface area contributed by atoms with Gasteiger partial charge in [0.25, 0.3) is 6.43 Å². The Bertz CT molecular complexity index is 469. The fourth-order valence-electron chi connectivity index (χ4n) is 1.17. The van der Waals surface area contributed by atoms with E-state index < -0.39 is 18.0 Å². The van der Waals surface area contributed by atoms with Gasteiger partial charge in [0.2, 0.25) is 0 Å². The van der Waals surface area contributed by atoms with E-state index in [2.05, 4.69) is 4.74 Å². The third kappa shape index (κ3) is 2.29. The van der Waals surface area contributed by atoms with E-state index in [1.165, 1.54) is 19.2 Å². The average Bonchev–Trinajstić information content (AvgIpc) is 2.26. The predicted molar refractivity (Wildman–Crippen MR) is 60.2 cm³/mol. The van der Waals surface area contributed by atoms with Crippen LogP contribution in [0.5, 0.6) is 0 Å². The van der Waals surface area contributed by atoms with Gasteiger partial charge >= 0.3 is 5.97 Å². The van der Waals surface area contributed by atoms with Gasteiger partial charge in [0.1, 0.15) is 0 Å². The van der Waals surface area contributed by atoms with Gasteiger partial charge in [-0.3, -0.25) is 0 Å². The van der Waals surface area contributed by atoms with Crippen molar-refractivity contribution < 1.29 is 18.3 Å². The highest BCUT2D eigenvalue weighted by molar-refractivity contribution is 14.1. The van der Waals surface area contributed by atoms with Crippen LogP contribution >= 0.6 is 22.6 Å². The van der Waals surface area contributed by atoms with E-state index >= 15 is 0 Å². The van der Waals surface area contributed by atoms with Crippen molar-refractivity contribution >= 4 is 28.6 Å². The number of hydrogen-bond donors (Lipinski definition) is 0. The zero-order valence-electron chi connectivity index (χ0n) is 8.13. The maximum atomic E-state index is 12.7. The number of carbonyl (C=O) groups is 1. The Kier molecular flexibility index (Phi) is 4.18. The molecule has 6 heteroatoms. The molecule has 84 valence electrons. The van der Waals surface area contributed by atoms with Crippen LogP contribution in [-0.2, 0) is 4.74 Å². The number of methoxy groups -OCH3 is 1. The maximum absolute atomic E-state index is 12.7. The van der Waals surface area contributed by atoms with E-state index in [0.29, 0.717) is 0 Å². The van der Waals surface area contributed by atoms with Gasteiger partial charge in [-0.05, 0) is 34.7 Å². The van der Waals surface area contributed by atoms with E-state index in [-0.39, 0.29) is 14.7 Å². The number of halogens is 3. The van der Waals surface area contributed by atoms with Gasteiger partial charge < -0.3 is 4.74 Å². The van der Waals surface area contributed by atoms with Crippen molar-refractivity contribution in [3.05, 3.63) is 32.4 Å². The number of carbonyl (C=O) groups excluding carboxylic acids is 1. The van der Waals surface area contributed by atoms with Crippen LogP contribution in [-0.4, -0.2) is 13.1 Å². The topological polar surface area (TPSA) is 50.1 Å². The normalized spacial score (nSPS) is 10.0. The first kappa shape index (κ1) is 12.8. The Morgan fingerprint density at radius 3 is 2.62 bits per heavy atom. The zero-order chi connectivity index (χ0) is 12.3. The van der Waals surface area contributed by atoms with E-state index in [1.807, 2.05) is 0 Å². The Hall–Kier alpha value is -1.23. The van der Waals surface area contributed by atoms with Crippen molar-refractivity contribution in [2.24, 2.45) is 0 Å². The molecule has 0 aliphatic heterocycles. The highest BCUT2D eigenvalue weighted by atomic mass is 127. The van der Waals surface area contributed by atoms with Crippen molar-refractivity contribution in [1.82, 2.24) is 0 Å². The van der Waals surface area contributed by atoms with E-state index in [9.17, 15) is 13.6 Å². The minimum absolute atomic E-state index is 0.0393. The van der Waals surface area contributed by atoms with Gasteiger partial charge in [0.15, 0.2) is 0 Å². The van der Waals surface area contributed by atoms with Gasteiger partial charge in [-0.2, -0.15) is 5.26 Å². The second kappa shape index (κ2) is 5.21. The van der Waals surface area contributed by atoms with Gasteiger partial charge in [-0.1, -0.05) is 0 Å². The summed E-state index contributed by atoms with van der Waals surface area (Å²) in [5.41, 5.74) is -0.518. The van der Waals surface area contributed by atoms with Crippen molar-refractivity contribution in [3.8, 4) is 6.07 Å². The second-order valence-electron chi connectivity index (χ2n) is 2.79. The molecule has 0 heterocycles. The molecule has 1 rings (SSSR count). The smallest absolute Gasteiger partial charge is 0.338 e. The van der Waals surface area contributed by atoms with E-state index in [0.717, 1.165) is 0 Å². The van der Waals surface area contributed by atoms with Crippen LogP contribution in [0.4, 0.5) is 8.78 Å². The quantitative estimate of drug-likeness (QED) is 0.616. The molecule has 16 heavy (non-hydrogen) atoms. The number of hydrogen-bond acceptors (Lipinski definition) is 3. The summed E-state index contributed by atoms with van der Waals surface area (Å²) in [6, 6.07) is 4.16. The summed E-state index contributed by atoms with van der Waals surface area (Å²) >= 11 is 1.61. The number of ether oxygens (including phenoxy) is 1. The van der Waals surface area contributed by atoms with Crippen LogP contribution in [0, 0.1) is 14.9 Å². The van der Waals surface area contributed by atoms with Crippen LogP contribution in [0.3, 0.4) is 0 Å². The molecule has 0 N–H and O–H groups in total. The Morgan fingerprint density at radius 1 is 1.56 bits per heavy atom. The first-order valence-corrected chi connectivity index (χ1v) is 5.19. The van der Waals surface area contributed by atoms with Gasteiger partial charge in [-0.15, -0.1) is 0 Å².